The summed E-state index contributed by atoms with van der Waals surface area (Å²) < 4.78 is 11.3. The fraction of sp³-hybridized carbons (Fsp3) is 0.455. The molecule has 1 aromatic rings. The summed E-state index contributed by atoms with van der Waals surface area (Å²) in [7, 11) is 0. The van der Waals surface area contributed by atoms with Crippen molar-refractivity contribution < 1.29 is 14.4 Å². The average molecular weight is 221 g/mol. The minimum Gasteiger partial charge on any atom is -0.485 e. The van der Waals surface area contributed by atoms with Crippen molar-refractivity contribution in [2.45, 2.75) is 31.7 Å². The number of ether oxygens (including phenoxy) is 2. The van der Waals surface area contributed by atoms with Crippen LogP contribution in [0, 0.1) is 10.1 Å². The zero-order valence-electron chi connectivity index (χ0n) is 8.97. The van der Waals surface area contributed by atoms with Crippen LogP contribution in [0.5, 0.6) is 5.75 Å². The average Bonchev–Trinajstić information content (AvgIpc) is 2.97. The summed E-state index contributed by atoms with van der Waals surface area (Å²) in [5, 5.41) is 10.7. The highest BCUT2D eigenvalue weighted by atomic mass is 16.6. The molecule has 0 N–H and O–H groups in total. The molecule has 2 aliphatic rings. The van der Waals surface area contributed by atoms with E-state index in [1.165, 1.54) is 12.1 Å². The van der Waals surface area contributed by atoms with Crippen LogP contribution in [0.1, 0.15) is 25.5 Å². The van der Waals surface area contributed by atoms with Gasteiger partial charge in [-0.1, -0.05) is 0 Å². The van der Waals surface area contributed by atoms with E-state index in [4.69, 9.17) is 9.47 Å². The topological polar surface area (TPSA) is 64.9 Å². The maximum atomic E-state index is 10.7. The van der Waals surface area contributed by atoms with Gasteiger partial charge in [-0.25, -0.2) is 0 Å². The van der Waals surface area contributed by atoms with Crippen molar-refractivity contribution in [3.05, 3.63) is 33.9 Å². The van der Waals surface area contributed by atoms with E-state index in [9.17, 15) is 10.1 Å². The molecular formula is C11H11NO4. The van der Waals surface area contributed by atoms with E-state index in [1.54, 1.807) is 6.07 Å². The first-order valence-electron chi connectivity index (χ1n) is 5.12. The number of rotatable bonds is 1. The van der Waals surface area contributed by atoms with Crippen LogP contribution in [0.15, 0.2) is 18.2 Å². The minimum atomic E-state index is -0.405. The van der Waals surface area contributed by atoms with Gasteiger partial charge in [0.2, 0.25) is 0 Å². The van der Waals surface area contributed by atoms with Gasteiger partial charge in [-0.05, 0) is 19.9 Å². The maximum absolute atomic E-state index is 10.7. The Bertz CT molecular complexity index is 483. The summed E-state index contributed by atoms with van der Waals surface area (Å²) in [6, 6.07) is 4.64. The van der Waals surface area contributed by atoms with Gasteiger partial charge in [-0.15, -0.1) is 0 Å². The Labute approximate surface area is 92.1 Å². The van der Waals surface area contributed by atoms with Crippen molar-refractivity contribution in [2.24, 2.45) is 0 Å². The molecule has 0 bridgehead atoms. The van der Waals surface area contributed by atoms with E-state index >= 15 is 0 Å². The molecule has 2 atom stereocenters. The lowest BCUT2D eigenvalue weighted by molar-refractivity contribution is -0.385. The Morgan fingerprint density at radius 3 is 2.88 bits per heavy atom. The van der Waals surface area contributed by atoms with Gasteiger partial charge in [0.1, 0.15) is 23.6 Å². The van der Waals surface area contributed by atoms with Gasteiger partial charge in [0.25, 0.3) is 5.69 Å². The predicted molar refractivity (Wildman–Crippen MR) is 55.4 cm³/mol. The molecule has 1 saturated heterocycles. The van der Waals surface area contributed by atoms with Crippen LogP contribution in [-0.4, -0.2) is 16.6 Å². The number of benzene rings is 1. The second-order valence-electron chi connectivity index (χ2n) is 4.66. The lowest BCUT2D eigenvalue weighted by Gasteiger charge is -2.29. The SMILES string of the molecule is CC1(C)Oc2ccc([N+](=O)[O-])cc2[C@H]2O[C@H]21. The second kappa shape index (κ2) is 2.74. The van der Waals surface area contributed by atoms with Gasteiger partial charge >= 0.3 is 0 Å². The highest BCUT2D eigenvalue weighted by Crippen LogP contribution is 2.54. The van der Waals surface area contributed by atoms with Gasteiger partial charge in [0, 0.05) is 17.7 Å². The van der Waals surface area contributed by atoms with Gasteiger partial charge in [-0.3, -0.25) is 10.1 Å². The summed E-state index contributed by atoms with van der Waals surface area (Å²) in [5.74, 6) is 0.689. The normalized spacial score (nSPS) is 28.6. The van der Waals surface area contributed by atoms with E-state index in [1.807, 2.05) is 13.8 Å². The van der Waals surface area contributed by atoms with Crippen LogP contribution >= 0.6 is 0 Å². The molecule has 84 valence electrons. The van der Waals surface area contributed by atoms with E-state index in [-0.39, 0.29) is 23.5 Å². The first kappa shape index (κ1) is 9.59. The summed E-state index contributed by atoms with van der Waals surface area (Å²) in [6.45, 7) is 3.92. The molecule has 1 aromatic carbocycles. The number of nitro groups is 1. The Morgan fingerprint density at radius 1 is 1.44 bits per heavy atom. The van der Waals surface area contributed by atoms with Crippen molar-refractivity contribution in [1.82, 2.24) is 0 Å². The molecule has 0 aromatic heterocycles. The van der Waals surface area contributed by atoms with E-state index < -0.39 is 4.92 Å². The molecule has 0 amide bonds. The lowest BCUT2D eigenvalue weighted by atomic mass is 9.94. The Balaban J connectivity index is 2.06. The third-order valence-corrected chi connectivity index (χ3v) is 3.06. The van der Waals surface area contributed by atoms with Crippen LogP contribution in [0.2, 0.25) is 0 Å². The minimum absolute atomic E-state index is 0.0157. The van der Waals surface area contributed by atoms with Crippen LogP contribution in [-0.2, 0) is 4.74 Å². The molecule has 2 heterocycles. The first-order valence-corrected chi connectivity index (χ1v) is 5.12. The van der Waals surface area contributed by atoms with E-state index in [0.29, 0.717) is 5.75 Å². The number of non-ortho nitro benzene ring substituents is 1. The molecule has 1 fully saturated rings. The number of epoxide rings is 1. The summed E-state index contributed by atoms with van der Waals surface area (Å²) in [4.78, 5) is 10.3. The smallest absolute Gasteiger partial charge is 0.270 e. The molecule has 16 heavy (non-hydrogen) atoms. The molecule has 0 aliphatic carbocycles. The van der Waals surface area contributed by atoms with Crippen LogP contribution in [0.25, 0.3) is 0 Å². The largest absolute Gasteiger partial charge is 0.485 e. The highest BCUT2D eigenvalue weighted by molar-refractivity contribution is 5.49. The van der Waals surface area contributed by atoms with Crippen molar-refractivity contribution in [3.63, 3.8) is 0 Å². The van der Waals surface area contributed by atoms with Gasteiger partial charge in [0.15, 0.2) is 0 Å². The van der Waals surface area contributed by atoms with Crippen molar-refractivity contribution in [2.75, 3.05) is 0 Å². The van der Waals surface area contributed by atoms with Crippen LogP contribution in [0.3, 0.4) is 0 Å². The number of fused-ring (bicyclic) bond motifs is 3. The molecule has 3 rings (SSSR count). The van der Waals surface area contributed by atoms with Crippen molar-refractivity contribution in [1.29, 1.82) is 0 Å². The lowest BCUT2D eigenvalue weighted by Crippen LogP contribution is -2.37. The zero-order valence-corrected chi connectivity index (χ0v) is 8.97. The molecule has 0 radical (unpaired) electrons. The van der Waals surface area contributed by atoms with Gasteiger partial charge in [0.05, 0.1) is 4.92 Å². The Kier molecular flexibility index (Phi) is 1.64. The monoisotopic (exact) mass is 221 g/mol. The van der Waals surface area contributed by atoms with Crippen LogP contribution < -0.4 is 4.74 Å². The fourth-order valence-corrected chi connectivity index (χ4v) is 2.18. The van der Waals surface area contributed by atoms with Gasteiger partial charge < -0.3 is 9.47 Å². The molecular weight excluding hydrogens is 210 g/mol. The van der Waals surface area contributed by atoms with Crippen molar-refractivity contribution >= 4 is 5.69 Å². The second-order valence-corrected chi connectivity index (χ2v) is 4.66. The third kappa shape index (κ3) is 1.21. The number of hydrogen-bond acceptors (Lipinski definition) is 4. The molecule has 0 spiro atoms. The quantitative estimate of drug-likeness (QED) is 0.414. The summed E-state index contributed by atoms with van der Waals surface area (Å²) in [6.07, 6.45) is -0.0272. The molecule has 2 aliphatic heterocycles. The van der Waals surface area contributed by atoms with Gasteiger partial charge in [-0.2, -0.15) is 0 Å². The number of hydrogen-bond donors (Lipinski definition) is 0. The highest BCUT2D eigenvalue weighted by Gasteiger charge is 2.56. The van der Waals surface area contributed by atoms with E-state index in [0.717, 1.165) is 5.56 Å². The first-order chi connectivity index (χ1) is 7.49. The zero-order chi connectivity index (χ0) is 11.5. The van der Waals surface area contributed by atoms with Crippen molar-refractivity contribution in [3.8, 4) is 5.75 Å². The summed E-state index contributed by atoms with van der Waals surface area (Å²) >= 11 is 0. The maximum Gasteiger partial charge on any atom is 0.270 e. The number of nitrogens with zero attached hydrogens (tertiary/aromatic N) is 1. The molecule has 0 unspecified atom stereocenters. The van der Waals surface area contributed by atoms with Crippen LogP contribution in [0.4, 0.5) is 5.69 Å². The Hall–Kier alpha value is -1.62. The fourth-order valence-electron chi connectivity index (χ4n) is 2.18. The number of nitro benzene ring substituents is 1. The third-order valence-electron chi connectivity index (χ3n) is 3.06. The Morgan fingerprint density at radius 2 is 2.19 bits per heavy atom. The standard InChI is InChI=1S/C11H11NO4/c1-11(2)10-9(15-10)7-5-6(12(13)14)3-4-8(7)16-11/h3-5,9-10H,1-2H3/t9-,10-/m1/s1. The molecule has 5 heteroatoms. The molecule has 0 saturated carbocycles. The molecule has 5 nitrogen and oxygen atoms in total. The van der Waals surface area contributed by atoms with E-state index in [2.05, 4.69) is 0 Å². The predicted octanol–water partition coefficient (Wildman–Crippen LogP) is 2.21. The summed E-state index contributed by atoms with van der Waals surface area (Å²) in [5.41, 5.74) is 0.517.